The zero-order valence-corrected chi connectivity index (χ0v) is 9.82. The SMILES string of the molecule is COc1cccc(C2(O)CCOCC2)c1C. The van der Waals surface area contributed by atoms with Crippen molar-refractivity contribution in [1.29, 1.82) is 0 Å². The van der Waals surface area contributed by atoms with Crippen molar-refractivity contribution in [2.45, 2.75) is 25.4 Å². The van der Waals surface area contributed by atoms with E-state index in [0.717, 1.165) is 16.9 Å². The first kappa shape index (κ1) is 11.4. The summed E-state index contributed by atoms with van der Waals surface area (Å²) in [7, 11) is 1.65. The Hall–Kier alpha value is -1.06. The van der Waals surface area contributed by atoms with E-state index in [9.17, 15) is 5.11 Å². The number of ether oxygens (including phenoxy) is 2. The van der Waals surface area contributed by atoms with Gasteiger partial charge in [0.2, 0.25) is 0 Å². The van der Waals surface area contributed by atoms with Gasteiger partial charge in [-0.1, -0.05) is 12.1 Å². The molecule has 0 bridgehead atoms. The number of benzene rings is 1. The summed E-state index contributed by atoms with van der Waals surface area (Å²) in [6, 6.07) is 5.82. The minimum absolute atomic E-state index is 0.618. The minimum atomic E-state index is -0.753. The smallest absolute Gasteiger partial charge is 0.122 e. The molecular weight excluding hydrogens is 204 g/mol. The van der Waals surface area contributed by atoms with E-state index in [4.69, 9.17) is 9.47 Å². The van der Waals surface area contributed by atoms with Crippen LogP contribution in [0.3, 0.4) is 0 Å². The van der Waals surface area contributed by atoms with Gasteiger partial charge in [-0.2, -0.15) is 0 Å². The third-order valence-electron chi connectivity index (χ3n) is 3.33. The topological polar surface area (TPSA) is 38.7 Å². The monoisotopic (exact) mass is 222 g/mol. The second kappa shape index (κ2) is 4.44. The Morgan fingerprint density at radius 2 is 2.00 bits per heavy atom. The van der Waals surface area contributed by atoms with Gasteiger partial charge in [-0.15, -0.1) is 0 Å². The highest BCUT2D eigenvalue weighted by Gasteiger charge is 2.33. The molecule has 0 aromatic heterocycles. The summed E-state index contributed by atoms with van der Waals surface area (Å²) in [5.41, 5.74) is 1.24. The third kappa shape index (κ3) is 1.93. The predicted molar refractivity (Wildman–Crippen MR) is 61.7 cm³/mol. The van der Waals surface area contributed by atoms with E-state index in [1.807, 2.05) is 25.1 Å². The Bertz CT molecular complexity index is 367. The van der Waals surface area contributed by atoms with Gasteiger partial charge < -0.3 is 14.6 Å². The van der Waals surface area contributed by atoms with Crippen LogP contribution < -0.4 is 4.74 Å². The van der Waals surface area contributed by atoms with Gasteiger partial charge in [-0.05, 0) is 24.1 Å². The van der Waals surface area contributed by atoms with Crippen molar-refractivity contribution in [3.05, 3.63) is 29.3 Å². The van der Waals surface area contributed by atoms with Gasteiger partial charge in [0.1, 0.15) is 5.75 Å². The zero-order chi connectivity index (χ0) is 11.6. The summed E-state index contributed by atoms with van der Waals surface area (Å²) >= 11 is 0. The van der Waals surface area contributed by atoms with Crippen LogP contribution in [0.2, 0.25) is 0 Å². The van der Waals surface area contributed by atoms with E-state index in [2.05, 4.69) is 0 Å². The Kier molecular flexibility index (Phi) is 3.17. The molecule has 1 aromatic carbocycles. The van der Waals surface area contributed by atoms with E-state index in [1.165, 1.54) is 0 Å². The predicted octanol–water partition coefficient (Wildman–Crippen LogP) is 2.00. The largest absolute Gasteiger partial charge is 0.496 e. The Morgan fingerprint density at radius 3 is 2.62 bits per heavy atom. The molecule has 3 heteroatoms. The molecule has 1 aromatic rings. The second-order valence-corrected chi connectivity index (χ2v) is 4.28. The summed E-state index contributed by atoms with van der Waals surface area (Å²) in [4.78, 5) is 0. The molecule has 1 saturated heterocycles. The van der Waals surface area contributed by atoms with Gasteiger partial charge in [-0.25, -0.2) is 0 Å². The number of rotatable bonds is 2. The molecule has 88 valence electrons. The van der Waals surface area contributed by atoms with E-state index in [0.29, 0.717) is 26.1 Å². The van der Waals surface area contributed by atoms with Crippen LogP contribution in [0.1, 0.15) is 24.0 Å². The van der Waals surface area contributed by atoms with Crippen LogP contribution >= 0.6 is 0 Å². The normalized spacial score (nSPS) is 19.4. The van der Waals surface area contributed by atoms with Gasteiger partial charge >= 0.3 is 0 Å². The summed E-state index contributed by atoms with van der Waals surface area (Å²) in [6.45, 7) is 3.22. The van der Waals surface area contributed by atoms with Crippen molar-refractivity contribution in [1.82, 2.24) is 0 Å². The number of aliphatic hydroxyl groups is 1. The summed E-state index contributed by atoms with van der Waals surface area (Å²) in [6.07, 6.45) is 1.31. The highest BCUT2D eigenvalue weighted by molar-refractivity contribution is 5.42. The Labute approximate surface area is 96.0 Å². The molecule has 0 aliphatic carbocycles. The van der Waals surface area contributed by atoms with Crippen molar-refractivity contribution in [2.75, 3.05) is 20.3 Å². The van der Waals surface area contributed by atoms with Crippen LogP contribution in [-0.4, -0.2) is 25.4 Å². The average Bonchev–Trinajstić information content (AvgIpc) is 2.30. The zero-order valence-electron chi connectivity index (χ0n) is 9.82. The first-order chi connectivity index (χ1) is 7.67. The van der Waals surface area contributed by atoms with Gasteiger partial charge in [-0.3, -0.25) is 0 Å². The highest BCUT2D eigenvalue weighted by atomic mass is 16.5. The maximum Gasteiger partial charge on any atom is 0.122 e. The van der Waals surface area contributed by atoms with E-state index in [1.54, 1.807) is 7.11 Å². The molecule has 0 radical (unpaired) electrons. The van der Waals surface area contributed by atoms with Crippen LogP contribution in [0.4, 0.5) is 0 Å². The van der Waals surface area contributed by atoms with Gasteiger partial charge in [0.15, 0.2) is 0 Å². The minimum Gasteiger partial charge on any atom is -0.496 e. The molecule has 1 aliphatic heterocycles. The molecule has 0 unspecified atom stereocenters. The summed E-state index contributed by atoms with van der Waals surface area (Å²) in [5, 5.41) is 10.6. The quantitative estimate of drug-likeness (QED) is 0.831. The van der Waals surface area contributed by atoms with Gasteiger partial charge in [0.05, 0.1) is 12.7 Å². The molecule has 1 fully saturated rings. The molecular formula is C13H18O3. The van der Waals surface area contributed by atoms with Crippen LogP contribution in [0.25, 0.3) is 0 Å². The van der Waals surface area contributed by atoms with Crippen LogP contribution in [0.5, 0.6) is 5.75 Å². The lowest BCUT2D eigenvalue weighted by Gasteiger charge is -2.34. The molecule has 0 atom stereocenters. The highest BCUT2D eigenvalue weighted by Crippen LogP contribution is 2.36. The maximum absolute atomic E-state index is 10.6. The number of hydrogen-bond acceptors (Lipinski definition) is 3. The van der Waals surface area contributed by atoms with Crippen molar-refractivity contribution < 1.29 is 14.6 Å². The molecule has 1 heterocycles. The first-order valence-electron chi connectivity index (χ1n) is 5.61. The lowest BCUT2D eigenvalue weighted by Crippen LogP contribution is -2.34. The maximum atomic E-state index is 10.6. The van der Waals surface area contributed by atoms with E-state index < -0.39 is 5.60 Å². The van der Waals surface area contributed by atoms with Crippen molar-refractivity contribution in [3.8, 4) is 5.75 Å². The summed E-state index contributed by atoms with van der Waals surface area (Å²) < 4.78 is 10.6. The second-order valence-electron chi connectivity index (χ2n) is 4.28. The Balaban J connectivity index is 2.38. The van der Waals surface area contributed by atoms with Crippen LogP contribution in [0.15, 0.2) is 18.2 Å². The molecule has 3 nitrogen and oxygen atoms in total. The van der Waals surface area contributed by atoms with Crippen LogP contribution in [0, 0.1) is 6.92 Å². The molecule has 0 amide bonds. The third-order valence-corrected chi connectivity index (χ3v) is 3.33. The molecule has 1 aliphatic rings. The van der Waals surface area contributed by atoms with Crippen molar-refractivity contribution in [3.63, 3.8) is 0 Å². The van der Waals surface area contributed by atoms with Gasteiger partial charge in [0, 0.05) is 26.1 Å². The lowest BCUT2D eigenvalue weighted by molar-refractivity contribution is -0.0683. The fourth-order valence-electron chi connectivity index (χ4n) is 2.32. The number of methoxy groups -OCH3 is 1. The molecule has 16 heavy (non-hydrogen) atoms. The van der Waals surface area contributed by atoms with Crippen LogP contribution in [-0.2, 0) is 10.3 Å². The first-order valence-corrected chi connectivity index (χ1v) is 5.61. The fourth-order valence-corrected chi connectivity index (χ4v) is 2.32. The van der Waals surface area contributed by atoms with Gasteiger partial charge in [0.25, 0.3) is 0 Å². The molecule has 0 saturated carbocycles. The lowest BCUT2D eigenvalue weighted by atomic mass is 9.84. The van der Waals surface area contributed by atoms with Crippen molar-refractivity contribution in [2.24, 2.45) is 0 Å². The molecule has 0 spiro atoms. The molecule has 2 rings (SSSR count). The fraction of sp³-hybridized carbons (Fsp3) is 0.538. The van der Waals surface area contributed by atoms with E-state index in [-0.39, 0.29) is 0 Å². The average molecular weight is 222 g/mol. The standard InChI is InChI=1S/C13H18O3/c1-10-11(4-3-5-12(10)15-2)13(14)6-8-16-9-7-13/h3-5,14H,6-9H2,1-2H3. The Morgan fingerprint density at radius 1 is 1.31 bits per heavy atom. The van der Waals surface area contributed by atoms with Crippen molar-refractivity contribution >= 4 is 0 Å². The number of hydrogen-bond donors (Lipinski definition) is 1. The molecule has 1 N–H and O–H groups in total. The summed E-state index contributed by atoms with van der Waals surface area (Å²) in [5.74, 6) is 0.831. The van der Waals surface area contributed by atoms with E-state index >= 15 is 0 Å².